The Kier molecular flexibility index (Phi) is 4.75. The summed E-state index contributed by atoms with van der Waals surface area (Å²) in [6.07, 6.45) is 1.53. The van der Waals surface area contributed by atoms with Gasteiger partial charge in [-0.1, -0.05) is 0 Å². The maximum atomic E-state index is 11.5. The van der Waals surface area contributed by atoms with Crippen LogP contribution in [0.2, 0.25) is 0 Å². The van der Waals surface area contributed by atoms with Crippen LogP contribution in [0.25, 0.3) is 6.08 Å². The van der Waals surface area contributed by atoms with Gasteiger partial charge in [0.15, 0.2) is 0 Å². The van der Waals surface area contributed by atoms with Crippen molar-refractivity contribution >= 4 is 34.6 Å². The molecule has 4 nitrogen and oxygen atoms in total. The summed E-state index contributed by atoms with van der Waals surface area (Å²) in [4.78, 5) is 14.6. The fraction of sp³-hybridized carbons (Fsp3) is 0.333. The van der Waals surface area contributed by atoms with Gasteiger partial charge in [0.2, 0.25) is 0 Å². The van der Waals surface area contributed by atoms with Crippen molar-refractivity contribution in [3.8, 4) is 6.07 Å². The first-order valence-corrected chi connectivity index (χ1v) is 6.22. The minimum Gasteiger partial charge on any atom is -0.462 e. The Bertz CT molecular complexity index is 509. The van der Waals surface area contributed by atoms with Gasteiger partial charge in [0.05, 0.1) is 10.3 Å². The number of hydrogen-bond donors (Lipinski definition) is 1. The maximum absolute atomic E-state index is 11.5. The predicted molar refractivity (Wildman–Crippen MR) is 73.2 cm³/mol. The van der Waals surface area contributed by atoms with Crippen LogP contribution in [0.3, 0.4) is 0 Å². The number of nitrogens with zero attached hydrogens (tertiary/aromatic N) is 1. The quantitative estimate of drug-likeness (QED) is 0.397. The molecule has 0 atom stereocenters. The molecule has 1 aromatic rings. The number of nitrogens with one attached hydrogen (secondary N) is 1. The second-order valence-corrected chi connectivity index (χ2v) is 4.57. The van der Waals surface area contributed by atoms with Crippen LogP contribution < -0.4 is 0 Å². The molecule has 0 aliphatic rings. The van der Waals surface area contributed by atoms with Gasteiger partial charge in [0, 0.05) is 5.69 Å². The van der Waals surface area contributed by atoms with Crippen LogP contribution in [-0.4, -0.2) is 17.6 Å². The number of ether oxygens (including phenoxy) is 1. The molecular weight excluding hydrogens is 331 g/mol. The van der Waals surface area contributed by atoms with Crippen LogP contribution in [0.4, 0.5) is 0 Å². The predicted octanol–water partition coefficient (Wildman–Crippen LogP) is 2.71. The Morgan fingerprint density at radius 1 is 1.53 bits per heavy atom. The van der Waals surface area contributed by atoms with Crippen molar-refractivity contribution in [1.82, 2.24) is 4.98 Å². The summed E-state index contributed by atoms with van der Waals surface area (Å²) in [7, 11) is 0. The van der Waals surface area contributed by atoms with Gasteiger partial charge in [-0.25, -0.2) is 4.79 Å². The molecule has 1 aromatic heterocycles. The smallest absolute Gasteiger partial charge is 0.348 e. The molecule has 0 bridgehead atoms. The highest BCUT2D eigenvalue weighted by Crippen LogP contribution is 2.21. The molecule has 0 aliphatic heterocycles. The molecule has 0 fully saturated rings. The van der Waals surface area contributed by atoms with E-state index in [2.05, 4.69) is 27.6 Å². The topological polar surface area (TPSA) is 65.9 Å². The van der Waals surface area contributed by atoms with Gasteiger partial charge in [-0.3, -0.25) is 0 Å². The lowest BCUT2D eigenvalue weighted by Crippen LogP contribution is -2.06. The fourth-order valence-electron chi connectivity index (χ4n) is 1.31. The van der Waals surface area contributed by atoms with E-state index in [1.807, 2.05) is 19.9 Å². The lowest BCUT2D eigenvalue weighted by molar-refractivity contribution is -0.137. The minimum atomic E-state index is -0.586. The zero-order chi connectivity index (χ0) is 13.0. The molecule has 0 unspecified atom stereocenters. The number of carbonyl (C=O) groups is 1. The van der Waals surface area contributed by atoms with E-state index in [1.54, 1.807) is 6.92 Å². The van der Waals surface area contributed by atoms with Gasteiger partial charge in [-0.05, 0) is 60.6 Å². The summed E-state index contributed by atoms with van der Waals surface area (Å²) in [6.45, 7) is 5.90. The number of halogens is 1. The highest BCUT2D eigenvalue weighted by atomic mass is 127. The van der Waals surface area contributed by atoms with Crippen LogP contribution in [0.15, 0.2) is 5.57 Å². The largest absolute Gasteiger partial charge is 0.462 e. The molecular formula is C12H13IN2O2. The number of carbonyl (C=O) groups excluding carboxylic acids is 1. The maximum Gasteiger partial charge on any atom is 0.348 e. The molecule has 1 rings (SSSR count). The fourth-order valence-corrected chi connectivity index (χ4v) is 2.00. The van der Waals surface area contributed by atoms with E-state index in [9.17, 15) is 4.79 Å². The van der Waals surface area contributed by atoms with Crippen LogP contribution in [0.1, 0.15) is 23.7 Å². The van der Waals surface area contributed by atoms with Crippen LogP contribution >= 0.6 is 22.6 Å². The Morgan fingerprint density at radius 3 is 2.59 bits per heavy atom. The lowest BCUT2D eigenvalue weighted by Gasteiger charge is -1.99. The summed E-state index contributed by atoms with van der Waals surface area (Å²) in [5.74, 6) is -0.586. The van der Waals surface area contributed by atoms with Crippen molar-refractivity contribution in [2.75, 3.05) is 6.61 Å². The average molecular weight is 344 g/mol. The van der Waals surface area contributed by atoms with Gasteiger partial charge >= 0.3 is 5.97 Å². The molecule has 1 heterocycles. The molecule has 90 valence electrons. The van der Waals surface area contributed by atoms with E-state index < -0.39 is 5.97 Å². The summed E-state index contributed by atoms with van der Waals surface area (Å²) < 4.78 is 5.81. The highest BCUT2D eigenvalue weighted by Gasteiger charge is 2.13. The minimum absolute atomic E-state index is 0.00704. The van der Waals surface area contributed by atoms with E-state index >= 15 is 0 Å². The normalized spacial score (nSPS) is 11.1. The Hall–Kier alpha value is -1.29. The summed E-state index contributed by atoms with van der Waals surface area (Å²) in [6, 6.07) is 1.86. The monoisotopic (exact) mass is 344 g/mol. The van der Waals surface area contributed by atoms with Crippen molar-refractivity contribution in [2.24, 2.45) is 0 Å². The zero-order valence-electron chi connectivity index (χ0n) is 9.93. The molecule has 0 spiro atoms. The highest BCUT2D eigenvalue weighted by molar-refractivity contribution is 14.1. The number of hydrogen-bond acceptors (Lipinski definition) is 3. The molecule has 1 N–H and O–H groups in total. The molecule has 5 heteroatoms. The number of esters is 1. The lowest BCUT2D eigenvalue weighted by atomic mass is 10.1. The number of H-pyrrole nitrogens is 1. The molecule has 0 radical (unpaired) electrons. The summed E-state index contributed by atoms with van der Waals surface area (Å²) in [5.41, 5.74) is 2.94. The number of nitriles is 1. The molecule has 0 aromatic carbocycles. The molecule has 0 aliphatic carbocycles. The average Bonchev–Trinajstić information content (AvgIpc) is 2.54. The van der Waals surface area contributed by atoms with Crippen molar-refractivity contribution in [1.29, 1.82) is 5.26 Å². The van der Waals surface area contributed by atoms with Gasteiger partial charge in [-0.15, -0.1) is 0 Å². The van der Waals surface area contributed by atoms with Gasteiger partial charge < -0.3 is 9.72 Å². The zero-order valence-corrected chi connectivity index (χ0v) is 12.1. The van der Waals surface area contributed by atoms with Crippen LogP contribution in [-0.2, 0) is 9.53 Å². The number of aromatic nitrogens is 1. The van der Waals surface area contributed by atoms with Crippen molar-refractivity contribution in [3.63, 3.8) is 0 Å². The number of aromatic amines is 1. The van der Waals surface area contributed by atoms with E-state index in [4.69, 9.17) is 10.00 Å². The second kappa shape index (κ2) is 5.87. The third-order valence-corrected chi connectivity index (χ3v) is 3.52. The van der Waals surface area contributed by atoms with Crippen molar-refractivity contribution in [3.05, 3.63) is 26.1 Å². The molecule has 0 saturated heterocycles. The molecule has 17 heavy (non-hydrogen) atoms. The first-order chi connectivity index (χ1) is 8.01. The van der Waals surface area contributed by atoms with Crippen LogP contribution in [0.5, 0.6) is 0 Å². The Morgan fingerprint density at radius 2 is 2.18 bits per heavy atom. The summed E-state index contributed by atoms with van der Waals surface area (Å²) in [5, 5.41) is 8.92. The van der Waals surface area contributed by atoms with Crippen LogP contribution in [0, 0.1) is 28.9 Å². The van der Waals surface area contributed by atoms with E-state index in [0.717, 1.165) is 20.5 Å². The van der Waals surface area contributed by atoms with Gasteiger partial charge in [0.1, 0.15) is 11.6 Å². The Balaban J connectivity index is 3.12. The van der Waals surface area contributed by atoms with E-state index in [-0.39, 0.29) is 12.2 Å². The third kappa shape index (κ3) is 3.09. The van der Waals surface area contributed by atoms with Gasteiger partial charge in [0.25, 0.3) is 0 Å². The first-order valence-electron chi connectivity index (χ1n) is 5.14. The molecule has 0 saturated carbocycles. The Labute approximate surface area is 114 Å². The standard InChI is InChI=1S/C12H13IN2O2/c1-4-17-12(16)9(6-14)5-10-7(2)8(3)11(13)15-10/h5,15H,4H2,1-3H3. The number of rotatable bonds is 3. The second-order valence-electron chi connectivity index (χ2n) is 3.49. The van der Waals surface area contributed by atoms with E-state index in [0.29, 0.717) is 0 Å². The van der Waals surface area contributed by atoms with E-state index in [1.165, 1.54) is 6.08 Å². The summed E-state index contributed by atoms with van der Waals surface area (Å²) >= 11 is 2.18. The SMILES string of the molecule is CCOC(=O)C(C#N)=Cc1[nH]c(I)c(C)c1C. The van der Waals surface area contributed by atoms with Crippen molar-refractivity contribution in [2.45, 2.75) is 20.8 Å². The third-order valence-electron chi connectivity index (χ3n) is 2.44. The first kappa shape index (κ1) is 13.8. The van der Waals surface area contributed by atoms with Crippen molar-refractivity contribution < 1.29 is 9.53 Å². The molecule has 0 amide bonds. The van der Waals surface area contributed by atoms with Gasteiger partial charge in [-0.2, -0.15) is 5.26 Å².